The van der Waals surface area contributed by atoms with Gasteiger partial charge in [-0.1, -0.05) is 26.0 Å². The topological polar surface area (TPSA) is 190 Å². The smallest absolute Gasteiger partial charge is 0.230 e. The summed E-state index contributed by atoms with van der Waals surface area (Å²) in [7, 11) is 0. The van der Waals surface area contributed by atoms with Crippen molar-refractivity contribution in [3.63, 3.8) is 0 Å². The lowest BCUT2D eigenvalue weighted by Gasteiger charge is -2.59. The molecule has 3 aliphatic carbocycles. The molecule has 10 nitrogen and oxygen atoms in total. The highest BCUT2D eigenvalue weighted by Gasteiger charge is 2.73. The van der Waals surface area contributed by atoms with E-state index in [-0.39, 0.29) is 17.9 Å². The molecular weight excluding hydrogens is 432 g/mol. The average molecular weight is 460 g/mol. The zero-order valence-electron chi connectivity index (χ0n) is 18.4. The number of benzene rings is 1. The number of phenolic OH excluding ortho intramolecular Hbond substituents is 1. The molecule has 0 aromatic heterocycles. The highest BCUT2D eigenvalue weighted by Crippen LogP contribution is 2.57. The van der Waals surface area contributed by atoms with Crippen LogP contribution in [-0.4, -0.2) is 72.9 Å². The molecule has 33 heavy (non-hydrogen) atoms. The standard InChI is InChI=1S/C23H28N2O8/c1-4-25-22(3)17-16(28)11-8(2)9-6-5-7-10(26)12(9)15(27)13(11)19(30)23(17,33)20(31)14(18(22)29)21(24)32/h5-8,11,14,16-18,25-29,33H,4H2,1-3H3,(H2,24,32)/t8?,11?,14?,16?,17?,18?,22-,23?/m0/s1. The molecule has 4 rings (SSSR count). The number of amides is 1. The van der Waals surface area contributed by atoms with Crippen LogP contribution in [-0.2, 0) is 14.4 Å². The fourth-order valence-corrected chi connectivity index (χ4v) is 6.30. The van der Waals surface area contributed by atoms with Crippen LogP contribution < -0.4 is 11.1 Å². The summed E-state index contributed by atoms with van der Waals surface area (Å²) >= 11 is 0. The molecule has 1 aromatic rings. The number of phenols is 1. The van der Waals surface area contributed by atoms with Gasteiger partial charge in [0.05, 0.1) is 23.3 Å². The minimum atomic E-state index is -2.95. The molecule has 2 fully saturated rings. The van der Waals surface area contributed by atoms with Gasteiger partial charge in [0.15, 0.2) is 11.4 Å². The fourth-order valence-electron chi connectivity index (χ4n) is 6.30. The molecule has 3 aliphatic rings. The first-order valence-electron chi connectivity index (χ1n) is 10.8. The first-order valence-corrected chi connectivity index (χ1v) is 10.8. The number of rotatable bonds is 3. The van der Waals surface area contributed by atoms with E-state index in [1.165, 1.54) is 13.0 Å². The molecule has 1 aromatic carbocycles. The lowest BCUT2D eigenvalue weighted by atomic mass is 9.48. The van der Waals surface area contributed by atoms with Gasteiger partial charge >= 0.3 is 0 Å². The Bertz CT molecular complexity index is 1100. The molecular formula is C23H28N2O8. The third-order valence-corrected chi connectivity index (χ3v) is 7.78. The third kappa shape index (κ3) is 2.72. The van der Waals surface area contributed by atoms with Gasteiger partial charge in [0.2, 0.25) is 11.7 Å². The molecule has 7 unspecified atom stereocenters. The van der Waals surface area contributed by atoms with E-state index in [0.717, 1.165) is 0 Å². The molecule has 0 spiro atoms. The van der Waals surface area contributed by atoms with E-state index < -0.39 is 75.8 Å². The van der Waals surface area contributed by atoms with Gasteiger partial charge in [0.25, 0.3) is 0 Å². The van der Waals surface area contributed by atoms with Crippen LogP contribution in [0.3, 0.4) is 0 Å². The number of hydrogen-bond acceptors (Lipinski definition) is 9. The summed E-state index contributed by atoms with van der Waals surface area (Å²) in [5.74, 6) is -9.85. The number of primary amides is 1. The predicted molar refractivity (Wildman–Crippen MR) is 115 cm³/mol. The quantitative estimate of drug-likeness (QED) is 0.280. The van der Waals surface area contributed by atoms with E-state index in [2.05, 4.69) is 5.32 Å². The van der Waals surface area contributed by atoms with E-state index in [4.69, 9.17) is 5.73 Å². The zero-order chi connectivity index (χ0) is 24.6. The highest BCUT2D eigenvalue weighted by atomic mass is 16.3. The Hall–Kier alpha value is -2.79. The number of aromatic hydroxyl groups is 1. The maximum absolute atomic E-state index is 13.8. The number of carbonyl (C=O) groups is 3. The van der Waals surface area contributed by atoms with Gasteiger partial charge in [-0.25, -0.2) is 0 Å². The largest absolute Gasteiger partial charge is 0.507 e. The van der Waals surface area contributed by atoms with Gasteiger partial charge in [-0.2, -0.15) is 0 Å². The van der Waals surface area contributed by atoms with Crippen LogP contribution in [0.15, 0.2) is 23.8 Å². The molecule has 0 aliphatic heterocycles. The number of aliphatic hydroxyl groups excluding tert-OH is 3. The molecule has 0 saturated heterocycles. The Kier molecular flexibility index (Phi) is 5.21. The maximum Gasteiger partial charge on any atom is 0.230 e. The number of fused-ring (bicyclic) bond motifs is 3. The molecule has 0 heterocycles. The number of nitrogens with one attached hydrogen (secondary N) is 1. The van der Waals surface area contributed by atoms with Crippen molar-refractivity contribution in [1.29, 1.82) is 0 Å². The Morgan fingerprint density at radius 1 is 1.21 bits per heavy atom. The van der Waals surface area contributed by atoms with Gasteiger partial charge in [0.1, 0.15) is 17.4 Å². The average Bonchev–Trinajstić information content (AvgIpc) is 2.73. The van der Waals surface area contributed by atoms with Crippen LogP contribution in [0.4, 0.5) is 0 Å². The first-order chi connectivity index (χ1) is 15.4. The van der Waals surface area contributed by atoms with Crippen LogP contribution in [0.2, 0.25) is 0 Å². The molecule has 8 atom stereocenters. The van der Waals surface area contributed by atoms with E-state index >= 15 is 0 Å². The maximum atomic E-state index is 13.8. The van der Waals surface area contributed by atoms with Gasteiger partial charge < -0.3 is 36.6 Å². The summed E-state index contributed by atoms with van der Waals surface area (Å²) in [6.45, 7) is 5.00. The Balaban J connectivity index is 2.03. The Morgan fingerprint density at radius 3 is 2.42 bits per heavy atom. The molecule has 10 heteroatoms. The summed E-state index contributed by atoms with van der Waals surface area (Å²) in [5.41, 5.74) is 0.796. The van der Waals surface area contributed by atoms with Gasteiger partial charge in [-0.3, -0.25) is 14.4 Å². The number of carbonyl (C=O) groups excluding carboxylic acids is 3. The van der Waals surface area contributed by atoms with Crippen LogP contribution in [0.5, 0.6) is 5.75 Å². The molecule has 1 amide bonds. The van der Waals surface area contributed by atoms with Crippen LogP contribution >= 0.6 is 0 Å². The third-order valence-electron chi connectivity index (χ3n) is 7.78. The molecule has 0 bridgehead atoms. The lowest BCUT2D eigenvalue weighted by Crippen LogP contribution is -2.81. The van der Waals surface area contributed by atoms with Crippen molar-refractivity contribution in [2.45, 2.75) is 50.0 Å². The second-order valence-electron chi connectivity index (χ2n) is 9.38. The summed E-state index contributed by atoms with van der Waals surface area (Å²) < 4.78 is 0. The van der Waals surface area contributed by atoms with Crippen molar-refractivity contribution in [1.82, 2.24) is 5.32 Å². The van der Waals surface area contributed by atoms with E-state index in [0.29, 0.717) is 5.56 Å². The minimum Gasteiger partial charge on any atom is -0.507 e. The van der Waals surface area contributed by atoms with Crippen molar-refractivity contribution >= 4 is 23.2 Å². The number of ketones is 2. The fraction of sp³-hybridized carbons (Fsp3) is 0.522. The predicted octanol–water partition coefficient (Wildman–Crippen LogP) is -0.901. The van der Waals surface area contributed by atoms with E-state index in [1.807, 2.05) is 0 Å². The first kappa shape index (κ1) is 23.4. The van der Waals surface area contributed by atoms with Gasteiger partial charge in [-0.05, 0) is 31.0 Å². The van der Waals surface area contributed by atoms with E-state index in [9.17, 15) is 39.9 Å². The molecule has 0 radical (unpaired) electrons. The summed E-state index contributed by atoms with van der Waals surface area (Å²) in [4.78, 5) is 39.2. The minimum absolute atomic E-state index is 0.0250. The van der Waals surface area contributed by atoms with Crippen molar-refractivity contribution in [3.8, 4) is 5.75 Å². The van der Waals surface area contributed by atoms with Gasteiger partial charge in [-0.15, -0.1) is 0 Å². The van der Waals surface area contributed by atoms with E-state index in [1.54, 1.807) is 26.0 Å². The SMILES string of the molecule is CCN[C@]1(C)C(O)C(C(N)=O)C(=O)C2(O)C(=O)C3=C(O)c4c(O)cccc4C(C)C3C(O)C21. The van der Waals surface area contributed by atoms with Crippen LogP contribution in [0.1, 0.15) is 37.8 Å². The van der Waals surface area contributed by atoms with Crippen molar-refractivity contribution < 1.29 is 39.9 Å². The zero-order valence-corrected chi connectivity index (χ0v) is 18.4. The summed E-state index contributed by atoms with van der Waals surface area (Å²) in [6, 6.07) is 4.51. The van der Waals surface area contributed by atoms with Crippen molar-refractivity contribution in [2.24, 2.45) is 23.5 Å². The number of Topliss-reactive ketones (excluding diaryl/α,β-unsaturated/α-hetero) is 2. The van der Waals surface area contributed by atoms with Crippen molar-refractivity contribution in [2.75, 3.05) is 6.54 Å². The number of likely N-dealkylation sites (N-methyl/N-ethyl adjacent to an activating group) is 1. The summed E-state index contributed by atoms with van der Waals surface area (Å²) in [6.07, 6.45) is -3.32. The van der Waals surface area contributed by atoms with Crippen LogP contribution in [0, 0.1) is 17.8 Å². The number of hydrogen-bond donors (Lipinski definition) is 7. The summed E-state index contributed by atoms with van der Waals surface area (Å²) in [5, 5.41) is 58.5. The molecule has 2 saturated carbocycles. The number of nitrogens with two attached hydrogens (primary N) is 1. The second-order valence-corrected chi connectivity index (χ2v) is 9.38. The van der Waals surface area contributed by atoms with Crippen molar-refractivity contribution in [3.05, 3.63) is 34.9 Å². The molecule has 178 valence electrons. The Morgan fingerprint density at radius 2 is 1.85 bits per heavy atom. The molecule has 8 N–H and O–H groups in total. The van der Waals surface area contributed by atoms with Crippen LogP contribution in [0.25, 0.3) is 5.76 Å². The monoisotopic (exact) mass is 460 g/mol. The lowest BCUT2D eigenvalue weighted by molar-refractivity contribution is -0.204. The second kappa shape index (κ2) is 7.36. The number of aliphatic hydroxyl groups is 4. The highest BCUT2D eigenvalue weighted by molar-refractivity contribution is 6.25. The Labute approximate surface area is 189 Å². The normalized spacial score (nSPS) is 40.2. The van der Waals surface area contributed by atoms with Gasteiger partial charge in [0, 0.05) is 17.4 Å².